The minimum Gasteiger partial charge on any atom is -0.493 e. The molecule has 1 aliphatic carbocycles. The van der Waals surface area contributed by atoms with Gasteiger partial charge in [-0.2, -0.15) is 0 Å². The van der Waals surface area contributed by atoms with Crippen molar-refractivity contribution in [1.29, 1.82) is 0 Å². The number of hydrogen-bond donors (Lipinski definition) is 0. The van der Waals surface area contributed by atoms with Crippen LogP contribution >= 0.6 is 11.3 Å². The van der Waals surface area contributed by atoms with Crippen molar-refractivity contribution in [2.45, 2.75) is 32.6 Å². The average molecular weight is 395 g/mol. The topological polar surface area (TPSA) is 61.5 Å². The highest BCUT2D eigenvalue weighted by atomic mass is 32.1. The van der Waals surface area contributed by atoms with Gasteiger partial charge in [-0.25, -0.2) is 14.5 Å². The highest BCUT2D eigenvalue weighted by Crippen LogP contribution is 2.38. The van der Waals surface area contributed by atoms with Crippen LogP contribution in [-0.4, -0.2) is 33.8 Å². The number of rotatable bonds is 4. The Bertz CT molecular complexity index is 1180. The number of nitrogens with zero attached hydrogens (tertiary/aromatic N) is 4. The summed E-state index contributed by atoms with van der Waals surface area (Å²) in [4.78, 5) is 12.1. The zero-order chi connectivity index (χ0) is 19.3. The van der Waals surface area contributed by atoms with E-state index in [0.717, 1.165) is 46.4 Å². The van der Waals surface area contributed by atoms with Crippen LogP contribution in [-0.2, 0) is 19.3 Å². The van der Waals surface area contributed by atoms with E-state index in [1.807, 2.05) is 34.1 Å². The van der Waals surface area contributed by atoms with E-state index in [1.165, 1.54) is 22.2 Å². The van der Waals surface area contributed by atoms with E-state index in [9.17, 15) is 0 Å². The summed E-state index contributed by atoms with van der Waals surface area (Å²) in [5.41, 5.74) is 3.44. The van der Waals surface area contributed by atoms with Crippen molar-refractivity contribution in [3.63, 3.8) is 0 Å². The second-order valence-corrected chi connectivity index (χ2v) is 8.52. The summed E-state index contributed by atoms with van der Waals surface area (Å²) in [6.45, 7) is 2.33. The van der Waals surface area contributed by atoms with Crippen molar-refractivity contribution >= 4 is 27.2 Å². The molecule has 1 atom stereocenters. The highest BCUT2D eigenvalue weighted by molar-refractivity contribution is 7.19. The summed E-state index contributed by atoms with van der Waals surface area (Å²) >= 11 is 1.82. The normalized spacial score (nSPS) is 16.5. The van der Waals surface area contributed by atoms with E-state index < -0.39 is 0 Å². The molecule has 4 aromatic rings. The van der Waals surface area contributed by atoms with Crippen LogP contribution in [0.5, 0.6) is 11.5 Å². The first kappa shape index (κ1) is 17.4. The van der Waals surface area contributed by atoms with Crippen molar-refractivity contribution in [3.8, 4) is 11.5 Å². The molecule has 0 unspecified atom stereocenters. The number of ether oxygens (including phenoxy) is 2. The maximum atomic E-state index is 5.41. The van der Waals surface area contributed by atoms with Crippen LogP contribution in [0.2, 0.25) is 0 Å². The van der Waals surface area contributed by atoms with Crippen molar-refractivity contribution in [2.24, 2.45) is 5.92 Å². The Hall–Kier alpha value is -2.67. The molecule has 5 rings (SSSR count). The molecular formula is C21H22N4O2S. The number of aromatic nitrogens is 4. The van der Waals surface area contributed by atoms with Gasteiger partial charge in [0.05, 0.1) is 19.6 Å². The van der Waals surface area contributed by atoms with Gasteiger partial charge in [0.2, 0.25) is 0 Å². The zero-order valence-corrected chi connectivity index (χ0v) is 17.0. The lowest BCUT2D eigenvalue weighted by atomic mass is 9.89. The fourth-order valence-corrected chi connectivity index (χ4v) is 5.38. The Morgan fingerprint density at radius 2 is 2.07 bits per heavy atom. The molecule has 7 heteroatoms. The van der Waals surface area contributed by atoms with Crippen LogP contribution in [0.25, 0.3) is 15.9 Å². The maximum absolute atomic E-state index is 5.41. The van der Waals surface area contributed by atoms with E-state index in [1.54, 1.807) is 20.5 Å². The van der Waals surface area contributed by atoms with E-state index in [2.05, 4.69) is 17.0 Å². The molecule has 0 saturated carbocycles. The van der Waals surface area contributed by atoms with Gasteiger partial charge >= 0.3 is 0 Å². The monoisotopic (exact) mass is 394 g/mol. The standard InChI is InChI=1S/C21H22N4O2S/c1-12-4-6-14-17(8-12)28-21-19(14)20-23-18(24-25(20)11-22-21)10-13-5-7-15(26-2)16(9-13)27-3/h5,7,9,11-12H,4,6,8,10H2,1-3H3/t12-/m1/s1. The van der Waals surface area contributed by atoms with E-state index in [4.69, 9.17) is 14.5 Å². The minimum atomic E-state index is 0.632. The first-order valence-corrected chi connectivity index (χ1v) is 10.3. The number of benzene rings is 1. The minimum absolute atomic E-state index is 0.632. The van der Waals surface area contributed by atoms with Gasteiger partial charge in [0.25, 0.3) is 0 Å². The molecule has 0 bridgehead atoms. The molecule has 1 aromatic carbocycles. The van der Waals surface area contributed by atoms with Crippen molar-refractivity contribution in [2.75, 3.05) is 14.2 Å². The molecular weight excluding hydrogens is 372 g/mol. The second kappa shape index (κ2) is 6.74. The summed E-state index contributed by atoms with van der Waals surface area (Å²) < 4.78 is 12.6. The fourth-order valence-electron chi connectivity index (χ4n) is 4.03. The van der Waals surface area contributed by atoms with Crippen molar-refractivity contribution in [3.05, 3.63) is 46.4 Å². The molecule has 0 amide bonds. The first-order chi connectivity index (χ1) is 13.7. The SMILES string of the molecule is COc1ccc(Cc2nc3c4c5c(sc4ncn3n2)C[C@H](C)CC5)cc1OC. The predicted octanol–water partition coefficient (Wildman–Crippen LogP) is 4.07. The van der Waals surface area contributed by atoms with E-state index >= 15 is 0 Å². The molecule has 3 heterocycles. The molecule has 0 N–H and O–H groups in total. The van der Waals surface area contributed by atoms with E-state index in [-0.39, 0.29) is 0 Å². The molecule has 0 spiro atoms. The van der Waals surface area contributed by atoms with Crippen LogP contribution in [0.1, 0.15) is 35.2 Å². The largest absolute Gasteiger partial charge is 0.493 e. The molecule has 0 fully saturated rings. The molecule has 0 saturated heterocycles. The Labute approximate surface area is 167 Å². The summed E-state index contributed by atoms with van der Waals surface area (Å²) in [6.07, 6.45) is 5.90. The third-order valence-electron chi connectivity index (χ3n) is 5.49. The molecule has 1 aliphatic rings. The average Bonchev–Trinajstić information content (AvgIpc) is 3.27. The van der Waals surface area contributed by atoms with Crippen LogP contribution < -0.4 is 9.47 Å². The van der Waals surface area contributed by atoms with E-state index in [0.29, 0.717) is 12.2 Å². The summed E-state index contributed by atoms with van der Waals surface area (Å²) in [7, 11) is 3.29. The Balaban J connectivity index is 1.56. The van der Waals surface area contributed by atoms with Gasteiger partial charge in [0.15, 0.2) is 23.0 Å². The van der Waals surface area contributed by atoms with Gasteiger partial charge in [-0.05, 0) is 48.4 Å². The zero-order valence-electron chi connectivity index (χ0n) is 16.2. The van der Waals surface area contributed by atoms with Gasteiger partial charge in [-0.15, -0.1) is 16.4 Å². The smallest absolute Gasteiger partial charge is 0.167 e. The Morgan fingerprint density at radius 3 is 2.89 bits per heavy atom. The summed E-state index contributed by atoms with van der Waals surface area (Å²) in [5.74, 6) is 2.97. The van der Waals surface area contributed by atoms with Crippen LogP contribution in [0.3, 0.4) is 0 Å². The summed E-state index contributed by atoms with van der Waals surface area (Å²) in [5, 5.41) is 5.87. The number of fused-ring (bicyclic) bond motifs is 5. The molecule has 28 heavy (non-hydrogen) atoms. The van der Waals surface area contributed by atoms with Gasteiger partial charge in [0, 0.05) is 11.3 Å². The number of thiophene rings is 1. The van der Waals surface area contributed by atoms with Crippen molar-refractivity contribution in [1.82, 2.24) is 19.6 Å². The molecule has 0 radical (unpaired) electrons. The molecule has 6 nitrogen and oxygen atoms in total. The molecule has 3 aromatic heterocycles. The van der Waals surface area contributed by atoms with Crippen LogP contribution in [0.15, 0.2) is 24.5 Å². The molecule has 0 aliphatic heterocycles. The quantitative estimate of drug-likeness (QED) is 0.522. The van der Waals surface area contributed by atoms with Gasteiger partial charge < -0.3 is 9.47 Å². The number of methoxy groups -OCH3 is 2. The Morgan fingerprint density at radius 1 is 1.21 bits per heavy atom. The van der Waals surface area contributed by atoms with Crippen LogP contribution in [0.4, 0.5) is 0 Å². The fraction of sp³-hybridized carbons (Fsp3) is 0.381. The lowest BCUT2D eigenvalue weighted by Gasteiger charge is -2.17. The number of aryl methyl sites for hydroxylation is 1. The third-order valence-corrected chi connectivity index (χ3v) is 6.65. The predicted molar refractivity (Wildman–Crippen MR) is 110 cm³/mol. The highest BCUT2D eigenvalue weighted by Gasteiger charge is 2.23. The Kier molecular flexibility index (Phi) is 4.19. The lowest BCUT2D eigenvalue weighted by molar-refractivity contribution is 0.354. The molecule has 144 valence electrons. The van der Waals surface area contributed by atoms with Gasteiger partial charge in [0.1, 0.15) is 11.2 Å². The van der Waals surface area contributed by atoms with Gasteiger partial charge in [-0.1, -0.05) is 13.0 Å². The third kappa shape index (κ3) is 2.81. The van der Waals surface area contributed by atoms with Gasteiger partial charge in [-0.3, -0.25) is 0 Å². The van der Waals surface area contributed by atoms with Crippen molar-refractivity contribution < 1.29 is 9.47 Å². The maximum Gasteiger partial charge on any atom is 0.167 e. The lowest BCUT2D eigenvalue weighted by Crippen LogP contribution is -2.08. The summed E-state index contributed by atoms with van der Waals surface area (Å²) in [6, 6.07) is 5.92. The first-order valence-electron chi connectivity index (χ1n) is 9.51. The van der Waals surface area contributed by atoms with Crippen LogP contribution in [0, 0.1) is 5.92 Å². The second-order valence-electron chi connectivity index (χ2n) is 7.44. The number of hydrogen-bond acceptors (Lipinski definition) is 6.